The molecule has 29 heavy (non-hydrogen) atoms. The Kier molecular flexibility index (Phi) is 6.36. The zero-order chi connectivity index (χ0) is 20.8. The minimum absolute atomic E-state index is 0.129. The molecule has 3 aromatic rings. The summed E-state index contributed by atoms with van der Waals surface area (Å²) in [6.45, 7) is 0.207. The molecule has 0 aliphatic heterocycles. The van der Waals surface area contributed by atoms with Crippen LogP contribution in [0.3, 0.4) is 0 Å². The Hall–Kier alpha value is -3.52. The third-order valence-corrected chi connectivity index (χ3v) is 4.47. The number of benzene rings is 2. The highest BCUT2D eigenvalue weighted by atomic mass is 16.5. The van der Waals surface area contributed by atoms with Gasteiger partial charge in [0.1, 0.15) is 18.2 Å². The van der Waals surface area contributed by atoms with Crippen LogP contribution < -0.4 is 31.2 Å². The van der Waals surface area contributed by atoms with Crippen molar-refractivity contribution in [2.24, 2.45) is 5.73 Å². The maximum atomic E-state index is 13.1. The number of methoxy groups -OCH3 is 2. The molecule has 0 aliphatic rings. The topological polar surface area (TPSA) is 97.7 Å². The molecule has 0 amide bonds. The summed E-state index contributed by atoms with van der Waals surface area (Å²) in [6.07, 6.45) is 0. The number of ether oxygens (including phenoxy) is 3. The van der Waals surface area contributed by atoms with Crippen molar-refractivity contribution in [3.05, 3.63) is 86.6 Å². The SMILES string of the molecule is COc1ccc(Cn2c(OCN)cc(=O)n(Cc3ccc(OC)cc3)c2=O)cc1. The molecular weight excluding hydrogens is 374 g/mol. The van der Waals surface area contributed by atoms with Crippen molar-refractivity contribution >= 4 is 0 Å². The first-order valence-corrected chi connectivity index (χ1v) is 8.99. The van der Waals surface area contributed by atoms with Gasteiger partial charge in [0.15, 0.2) is 0 Å². The highest BCUT2D eigenvalue weighted by Crippen LogP contribution is 2.15. The van der Waals surface area contributed by atoms with E-state index in [4.69, 9.17) is 19.9 Å². The van der Waals surface area contributed by atoms with E-state index in [0.717, 1.165) is 15.7 Å². The van der Waals surface area contributed by atoms with E-state index in [2.05, 4.69) is 0 Å². The van der Waals surface area contributed by atoms with Crippen molar-refractivity contribution in [2.45, 2.75) is 13.1 Å². The fourth-order valence-electron chi connectivity index (χ4n) is 2.92. The second-order valence-corrected chi connectivity index (χ2v) is 6.28. The monoisotopic (exact) mass is 397 g/mol. The number of hydrogen-bond acceptors (Lipinski definition) is 6. The van der Waals surface area contributed by atoms with Gasteiger partial charge in [0.05, 0.1) is 33.4 Å². The summed E-state index contributed by atoms with van der Waals surface area (Å²) in [6, 6.07) is 15.7. The Morgan fingerprint density at radius 3 is 1.72 bits per heavy atom. The number of aromatic nitrogens is 2. The molecule has 0 fully saturated rings. The fourth-order valence-corrected chi connectivity index (χ4v) is 2.92. The highest BCUT2D eigenvalue weighted by molar-refractivity contribution is 5.29. The molecule has 0 spiro atoms. The Balaban J connectivity index is 1.99. The summed E-state index contributed by atoms with van der Waals surface area (Å²) >= 11 is 0. The molecule has 3 rings (SSSR count). The maximum Gasteiger partial charge on any atom is 0.334 e. The highest BCUT2D eigenvalue weighted by Gasteiger charge is 2.14. The molecule has 1 heterocycles. The number of nitrogens with two attached hydrogens (primary N) is 1. The van der Waals surface area contributed by atoms with Crippen LogP contribution >= 0.6 is 0 Å². The first-order valence-electron chi connectivity index (χ1n) is 8.99. The normalized spacial score (nSPS) is 10.6. The molecule has 2 aromatic carbocycles. The summed E-state index contributed by atoms with van der Waals surface area (Å²) in [4.78, 5) is 25.6. The van der Waals surface area contributed by atoms with Gasteiger partial charge in [0, 0.05) is 0 Å². The van der Waals surface area contributed by atoms with Crippen LogP contribution in [0.25, 0.3) is 0 Å². The van der Waals surface area contributed by atoms with E-state index in [9.17, 15) is 9.59 Å². The number of rotatable bonds is 8. The largest absolute Gasteiger partial charge is 0.497 e. The van der Waals surface area contributed by atoms with Crippen molar-refractivity contribution in [1.29, 1.82) is 0 Å². The fraction of sp³-hybridized carbons (Fsp3) is 0.238. The molecule has 0 atom stereocenters. The molecule has 152 valence electrons. The molecule has 0 aliphatic carbocycles. The smallest absolute Gasteiger partial charge is 0.334 e. The minimum atomic E-state index is -0.479. The second kappa shape index (κ2) is 9.11. The lowest BCUT2D eigenvalue weighted by Gasteiger charge is -2.15. The first-order chi connectivity index (χ1) is 14.0. The maximum absolute atomic E-state index is 13.1. The van der Waals surface area contributed by atoms with Gasteiger partial charge in [-0.15, -0.1) is 0 Å². The van der Waals surface area contributed by atoms with Gasteiger partial charge in [-0.25, -0.2) is 4.79 Å². The lowest BCUT2D eigenvalue weighted by atomic mass is 10.2. The molecular formula is C21H23N3O5. The average Bonchev–Trinajstić information content (AvgIpc) is 2.75. The third kappa shape index (κ3) is 4.67. The van der Waals surface area contributed by atoms with E-state index in [1.165, 1.54) is 10.6 Å². The molecule has 0 saturated carbocycles. The van der Waals surface area contributed by atoms with Crippen molar-refractivity contribution in [1.82, 2.24) is 9.13 Å². The quantitative estimate of drug-likeness (QED) is 0.578. The summed E-state index contributed by atoms with van der Waals surface area (Å²) in [7, 11) is 3.16. The van der Waals surface area contributed by atoms with Gasteiger partial charge in [-0.1, -0.05) is 24.3 Å². The van der Waals surface area contributed by atoms with Crippen LogP contribution in [0.2, 0.25) is 0 Å². The molecule has 1 aromatic heterocycles. The zero-order valence-electron chi connectivity index (χ0n) is 16.3. The van der Waals surface area contributed by atoms with Gasteiger partial charge >= 0.3 is 5.69 Å². The molecule has 0 unspecified atom stereocenters. The minimum Gasteiger partial charge on any atom is -0.497 e. The average molecular weight is 397 g/mol. The molecule has 0 saturated heterocycles. The van der Waals surface area contributed by atoms with E-state index in [1.807, 2.05) is 24.3 Å². The summed E-state index contributed by atoms with van der Waals surface area (Å²) in [5.74, 6) is 1.54. The van der Waals surface area contributed by atoms with Crippen LogP contribution in [0.5, 0.6) is 17.4 Å². The van der Waals surface area contributed by atoms with Crippen LogP contribution in [-0.4, -0.2) is 30.1 Å². The lowest BCUT2D eigenvalue weighted by molar-refractivity contribution is 0.293. The molecule has 2 N–H and O–H groups in total. The van der Waals surface area contributed by atoms with Crippen molar-refractivity contribution in [2.75, 3.05) is 21.0 Å². The first kappa shape index (κ1) is 20.2. The molecule has 0 radical (unpaired) electrons. The summed E-state index contributed by atoms with van der Waals surface area (Å²) in [5, 5.41) is 0. The Bertz CT molecular complexity index is 1070. The van der Waals surface area contributed by atoms with Gasteiger partial charge in [-0.2, -0.15) is 0 Å². The van der Waals surface area contributed by atoms with Crippen molar-refractivity contribution in [3.8, 4) is 17.4 Å². The van der Waals surface area contributed by atoms with Gasteiger partial charge in [-0.05, 0) is 35.4 Å². The Morgan fingerprint density at radius 1 is 0.793 bits per heavy atom. The summed E-state index contributed by atoms with van der Waals surface area (Å²) < 4.78 is 18.2. The molecule has 0 bridgehead atoms. The van der Waals surface area contributed by atoms with E-state index >= 15 is 0 Å². The van der Waals surface area contributed by atoms with Gasteiger partial charge in [0.2, 0.25) is 5.88 Å². The Morgan fingerprint density at radius 2 is 1.28 bits per heavy atom. The predicted octanol–water partition coefficient (Wildman–Crippen LogP) is 1.42. The van der Waals surface area contributed by atoms with Gasteiger partial charge < -0.3 is 14.2 Å². The molecule has 8 nitrogen and oxygen atoms in total. The van der Waals surface area contributed by atoms with Crippen molar-refractivity contribution in [3.63, 3.8) is 0 Å². The van der Waals surface area contributed by atoms with E-state index in [-0.39, 0.29) is 25.7 Å². The van der Waals surface area contributed by atoms with Crippen LogP contribution in [0.4, 0.5) is 0 Å². The zero-order valence-corrected chi connectivity index (χ0v) is 16.3. The van der Waals surface area contributed by atoms with E-state index in [0.29, 0.717) is 11.5 Å². The van der Waals surface area contributed by atoms with Crippen molar-refractivity contribution < 1.29 is 14.2 Å². The number of nitrogens with zero attached hydrogens (tertiary/aromatic N) is 2. The lowest BCUT2D eigenvalue weighted by Crippen LogP contribution is -2.40. The van der Waals surface area contributed by atoms with Gasteiger partial charge in [0.25, 0.3) is 5.56 Å². The van der Waals surface area contributed by atoms with Crippen LogP contribution in [0.1, 0.15) is 11.1 Å². The predicted molar refractivity (Wildman–Crippen MR) is 109 cm³/mol. The van der Waals surface area contributed by atoms with E-state index in [1.54, 1.807) is 38.5 Å². The van der Waals surface area contributed by atoms with Crippen LogP contribution in [-0.2, 0) is 13.1 Å². The molecule has 8 heteroatoms. The van der Waals surface area contributed by atoms with Gasteiger partial charge in [-0.3, -0.25) is 19.7 Å². The van der Waals surface area contributed by atoms with Crippen LogP contribution in [0.15, 0.2) is 64.2 Å². The third-order valence-electron chi connectivity index (χ3n) is 4.47. The van der Waals surface area contributed by atoms with E-state index < -0.39 is 11.2 Å². The van der Waals surface area contributed by atoms with Crippen LogP contribution in [0, 0.1) is 0 Å². The Labute approximate surface area is 167 Å². The second-order valence-electron chi connectivity index (χ2n) is 6.28. The number of hydrogen-bond donors (Lipinski definition) is 1. The standard InChI is InChI=1S/C21H23N3O5/c1-27-17-7-3-15(4-8-17)12-23-19(25)11-20(29-14-22)24(21(23)26)13-16-5-9-18(28-2)10-6-16/h3-11H,12-14,22H2,1-2H3. The summed E-state index contributed by atoms with van der Waals surface area (Å²) in [5.41, 5.74) is 6.19.